The summed E-state index contributed by atoms with van der Waals surface area (Å²) in [6, 6.07) is 10.1. The number of ether oxygens (including phenoxy) is 3. The van der Waals surface area contributed by atoms with E-state index in [1.807, 2.05) is 0 Å². The van der Waals surface area contributed by atoms with Crippen LogP contribution in [-0.2, 0) is 21.3 Å². The fraction of sp³-hybridized carbons (Fsp3) is 0.304. The topological polar surface area (TPSA) is 107 Å². The molecule has 33 heavy (non-hydrogen) atoms. The second-order valence-electron chi connectivity index (χ2n) is 7.21. The Morgan fingerprint density at radius 1 is 1.06 bits per heavy atom. The summed E-state index contributed by atoms with van der Waals surface area (Å²) < 4.78 is 42.9. The molecule has 3 rings (SSSR count). The summed E-state index contributed by atoms with van der Waals surface area (Å²) in [5.74, 6) is 0.412. The average Bonchev–Trinajstić information content (AvgIpc) is 2.81. The first-order valence-electron chi connectivity index (χ1n) is 10.2. The smallest absolute Gasteiger partial charge is 0.341 e. The highest BCUT2D eigenvalue weighted by molar-refractivity contribution is 7.89. The molecule has 3 aromatic rings. The van der Waals surface area contributed by atoms with Crippen molar-refractivity contribution in [3.05, 3.63) is 53.7 Å². The molecule has 0 aliphatic rings. The maximum Gasteiger partial charge on any atom is 0.341 e. The van der Waals surface area contributed by atoms with Crippen molar-refractivity contribution in [2.24, 2.45) is 0 Å². The highest BCUT2D eigenvalue weighted by Gasteiger charge is 2.24. The van der Waals surface area contributed by atoms with Gasteiger partial charge in [0, 0.05) is 26.8 Å². The third-order valence-electron chi connectivity index (χ3n) is 5.07. The molecule has 0 spiro atoms. The Bertz CT molecular complexity index is 1270. The number of rotatable bonds is 9. The first-order valence-corrected chi connectivity index (χ1v) is 11.6. The molecule has 0 aliphatic heterocycles. The van der Waals surface area contributed by atoms with Crippen LogP contribution in [0.25, 0.3) is 10.9 Å². The standard InChI is InChI=1S/C23H27N3O6S/c1-6-32-23(27)16-14-25-22-18(31-5)12-11-17(30-4)20(22)21(16)24-13-15-9-7-8-10-19(15)33(28,29)26(2)3/h7-12,14H,6,13H2,1-5H3,(H,24,25). The number of fused-ring (bicyclic) bond motifs is 1. The molecule has 0 atom stereocenters. The molecule has 9 nitrogen and oxygen atoms in total. The van der Waals surface area contributed by atoms with Gasteiger partial charge in [-0.05, 0) is 30.7 Å². The number of hydrogen-bond acceptors (Lipinski definition) is 8. The van der Waals surface area contributed by atoms with Gasteiger partial charge in [-0.3, -0.25) is 4.98 Å². The lowest BCUT2D eigenvalue weighted by Crippen LogP contribution is -2.24. The van der Waals surface area contributed by atoms with Crippen molar-refractivity contribution < 1.29 is 27.4 Å². The van der Waals surface area contributed by atoms with Crippen molar-refractivity contribution in [3.63, 3.8) is 0 Å². The lowest BCUT2D eigenvalue weighted by atomic mass is 10.1. The van der Waals surface area contributed by atoms with E-state index in [0.29, 0.717) is 33.7 Å². The minimum atomic E-state index is -3.67. The molecule has 1 aromatic heterocycles. The molecule has 0 radical (unpaired) electrons. The van der Waals surface area contributed by atoms with Gasteiger partial charge >= 0.3 is 5.97 Å². The van der Waals surface area contributed by atoms with Crippen molar-refractivity contribution in [2.45, 2.75) is 18.4 Å². The summed E-state index contributed by atoms with van der Waals surface area (Å²) in [4.78, 5) is 17.3. The van der Waals surface area contributed by atoms with Gasteiger partial charge in [-0.2, -0.15) is 0 Å². The monoisotopic (exact) mass is 473 g/mol. The van der Waals surface area contributed by atoms with E-state index in [4.69, 9.17) is 14.2 Å². The number of aromatic nitrogens is 1. The zero-order valence-electron chi connectivity index (χ0n) is 19.2. The minimum absolute atomic E-state index is 0.120. The Balaban J connectivity index is 2.18. The number of carbonyl (C=O) groups excluding carboxylic acids is 1. The van der Waals surface area contributed by atoms with Crippen molar-refractivity contribution in [1.29, 1.82) is 0 Å². The molecule has 0 bridgehead atoms. The number of nitrogens with zero attached hydrogens (tertiary/aromatic N) is 2. The second kappa shape index (κ2) is 10.1. The molecule has 176 valence electrons. The summed E-state index contributed by atoms with van der Waals surface area (Å²) in [6.45, 7) is 2.02. The lowest BCUT2D eigenvalue weighted by Gasteiger charge is -2.19. The number of carbonyl (C=O) groups is 1. The quantitative estimate of drug-likeness (QED) is 0.472. The van der Waals surface area contributed by atoms with Crippen LogP contribution in [0.3, 0.4) is 0 Å². The molecule has 2 aromatic carbocycles. The van der Waals surface area contributed by atoms with Crippen LogP contribution in [0.1, 0.15) is 22.8 Å². The van der Waals surface area contributed by atoms with Gasteiger partial charge < -0.3 is 19.5 Å². The number of benzene rings is 2. The summed E-state index contributed by atoms with van der Waals surface area (Å²) in [5, 5.41) is 3.75. The third-order valence-corrected chi connectivity index (χ3v) is 6.98. The van der Waals surface area contributed by atoms with E-state index < -0.39 is 16.0 Å². The highest BCUT2D eigenvalue weighted by atomic mass is 32.2. The normalized spacial score (nSPS) is 11.5. The molecule has 0 saturated carbocycles. The number of sulfonamides is 1. The predicted octanol–water partition coefficient (Wildman–Crippen LogP) is 3.29. The second-order valence-corrected chi connectivity index (χ2v) is 9.33. The number of pyridine rings is 1. The molecule has 0 amide bonds. The number of methoxy groups -OCH3 is 2. The lowest BCUT2D eigenvalue weighted by molar-refractivity contribution is 0.0527. The molecule has 10 heteroatoms. The Morgan fingerprint density at radius 2 is 1.73 bits per heavy atom. The van der Waals surface area contributed by atoms with E-state index in [2.05, 4.69) is 10.3 Å². The largest absolute Gasteiger partial charge is 0.496 e. The van der Waals surface area contributed by atoms with Crippen molar-refractivity contribution in [1.82, 2.24) is 9.29 Å². The van der Waals surface area contributed by atoms with Crippen LogP contribution in [0.4, 0.5) is 5.69 Å². The summed E-state index contributed by atoms with van der Waals surface area (Å²) in [7, 11) is 2.33. The van der Waals surface area contributed by atoms with E-state index in [1.165, 1.54) is 34.5 Å². The molecule has 1 heterocycles. The Labute approximate surface area is 193 Å². The zero-order chi connectivity index (χ0) is 24.2. The van der Waals surface area contributed by atoms with E-state index >= 15 is 0 Å². The van der Waals surface area contributed by atoms with Gasteiger partial charge in [0.1, 0.15) is 22.6 Å². The van der Waals surface area contributed by atoms with E-state index in [1.54, 1.807) is 43.3 Å². The van der Waals surface area contributed by atoms with Crippen LogP contribution in [0, 0.1) is 0 Å². The SMILES string of the molecule is CCOC(=O)c1cnc2c(OC)ccc(OC)c2c1NCc1ccccc1S(=O)(=O)N(C)C. The molecule has 0 fully saturated rings. The summed E-state index contributed by atoms with van der Waals surface area (Å²) in [6.07, 6.45) is 1.41. The van der Waals surface area contributed by atoms with Crippen LogP contribution in [0.15, 0.2) is 47.5 Å². The van der Waals surface area contributed by atoms with Crippen molar-refractivity contribution >= 4 is 32.6 Å². The van der Waals surface area contributed by atoms with Crippen molar-refractivity contribution in [3.8, 4) is 11.5 Å². The number of hydrogen-bond donors (Lipinski definition) is 1. The Hall–Kier alpha value is -3.37. The van der Waals surface area contributed by atoms with Crippen LogP contribution >= 0.6 is 0 Å². The molecule has 1 N–H and O–H groups in total. The first kappa shape index (κ1) is 24.3. The van der Waals surface area contributed by atoms with Gasteiger partial charge in [0.15, 0.2) is 0 Å². The third kappa shape index (κ3) is 4.71. The number of nitrogens with one attached hydrogen (secondary N) is 1. The molecular formula is C23H27N3O6S. The van der Waals surface area contributed by atoms with E-state index in [-0.39, 0.29) is 23.6 Å². The van der Waals surface area contributed by atoms with Gasteiger partial charge in [0.05, 0.1) is 36.8 Å². The average molecular weight is 474 g/mol. The van der Waals surface area contributed by atoms with Crippen molar-refractivity contribution in [2.75, 3.05) is 40.2 Å². The van der Waals surface area contributed by atoms with E-state index in [0.717, 1.165) is 4.31 Å². The van der Waals surface area contributed by atoms with Gasteiger partial charge in [-0.15, -0.1) is 0 Å². The zero-order valence-corrected chi connectivity index (χ0v) is 20.0. The fourth-order valence-electron chi connectivity index (χ4n) is 3.42. The van der Waals surface area contributed by atoms with Crippen LogP contribution < -0.4 is 14.8 Å². The maximum absolute atomic E-state index is 12.8. The van der Waals surface area contributed by atoms with E-state index in [9.17, 15) is 13.2 Å². The number of esters is 1. The predicted molar refractivity (Wildman–Crippen MR) is 125 cm³/mol. The molecule has 0 saturated heterocycles. The molecule has 0 unspecified atom stereocenters. The Morgan fingerprint density at radius 3 is 2.36 bits per heavy atom. The Kier molecular flexibility index (Phi) is 7.39. The van der Waals surface area contributed by atoms with Gasteiger partial charge in [0.25, 0.3) is 0 Å². The summed E-state index contributed by atoms with van der Waals surface area (Å²) >= 11 is 0. The molecule has 0 aliphatic carbocycles. The first-order chi connectivity index (χ1) is 15.8. The van der Waals surface area contributed by atoms with Crippen LogP contribution in [0.2, 0.25) is 0 Å². The fourth-order valence-corrected chi connectivity index (χ4v) is 4.53. The van der Waals surface area contributed by atoms with Crippen LogP contribution in [0.5, 0.6) is 11.5 Å². The molecular weight excluding hydrogens is 446 g/mol. The van der Waals surface area contributed by atoms with Gasteiger partial charge in [0.2, 0.25) is 10.0 Å². The minimum Gasteiger partial charge on any atom is -0.496 e. The summed E-state index contributed by atoms with van der Waals surface area (Å²) in [5.41, 5.74) is 1.63. The maximum atomic E-state index is 12.8. The van der Waals surface area contributed by atoms with Crippen LogP contribution in [-0.4, -0.2) is 58.6 Å². The van der Waals surface area contributed by atoms with Gasteiger partial charge in [-0.25, -0.2) is 17.5 Å². The highest BCUT2D eigenvalue weighted by Crippen LogP contribution is 2.39. The van der Waals surface area contributed by atoms with Gasteiger partial charge in [-0.1, -0.05) is 18.2 Å². The number of anilines is 1.